The quantitative estimate of drug-likeness (QED) is 0.820. The summed E-state index contributed by atoms with van der Waals surface area (Å²) in [6.07, 6.45) is 2.54. The highest BCUT2D eigenvalue weighted by Gasteiger charge is 2.32. The van der Waals surface area contributed by atoms with E-state index in [1.165, 1.54) is 25.0 Å². The number of benzene rings is 1. The molecule has 82 valence electrons. The molecule has 0 saturated heterocycles. The number of hydrogen-bond donors (Lipinski definition) is 1. The summed E-state index contributed by atoms with van der Waals surface area (Å²) in [6, 6.07) is 7.00. The first-order chi connectivity index (χ1) is 7.22. The van der Waals surface area contributed by atoms with E-state index in [1.807, 2.05) is 7.05 Å². The second-order valence-corrected chi connectivity index (χ2v) is 4.23. The predicted molar refractivity (Wildman–Crippen MR) is 60.4 cm³/mol. The van der Waals surface area contributed by atoms with E-state index >= 15 is 0 Å². The highest BCUT2D eigenvalue weighted by molar-refractivity contribution is 5.47. The van der Waals surface area contributed by atoms with Crippen LogP contribution in [0.4, 0.5) is 10.1 Å². The summed E-state index contributed by atoms with van der Waals surface area (Å²) in [5, 5.41) is 0. The summed E-state index contributed by atoms with van der Waals surface area (Å²) in [6.45, 7) is 0.665. The van der Waals surface area contributed by atoms with Crippen molar-refractivity contribution < 1.29 is 4.39 Å². The topological polar surface area (TPSA) is 29.3 Å². The number of likely N-dealkylation sites (N-methyl/N-ethyl adjacent to an activating group) is 1. The molecule has 0 heterocycles. The summed E-state index contributed by atoms with van der Waals surface area (Å²) >= 11 is 0. The van der Waals surface area contributed by atoms with Crippen LogP contribution in [-0.2, 0) is 0 Å². The van der Waals surface area contributed by atoms with E-state index in [2.05, 4.69) is 4.90 Å². The first-order valence-corrected chi connectivity index (χ1v) is 5.41. The number of nitrogens with two attached hydrogens (primary N) is 1. The van der Waals surface area contributed by atoms with Crippen molar-refractivity contribution in [2.45, 2.75) is 18.9 Å². The molecule has 0 spiro atoms. The maximum Gasteiger partial charge on any atom is 0.123 e. The zero-order valence-corrected chi connectivity index (χ0v) is 8.99. The van der Waals surface area contributed by atoms with Crippen molar-refractivity contribution in [1.82, 2.24) is 0 Å². The van der Waals surface area contributed by atoms with Crippen LogP contribution in [0, 0.1) is 11.7 Å². The Balaban J connectivity index is 2.11. The second-order valence-electron chi connectivity index (χ2n) is 4.23. The molecule has 0 bridgehead atoms. The zero-order valence-electron chi connectivity index (χ0n) is 8.99. The molecule has 1 fully saturated rings. The van der Waals surface area contributed by atoms with Crippen molar-refractivity contribution in [1.29, 1.82) is 0 Å². The highest BCUT2D eigenvalue weighted by atomic mass is 19.1. The molecule has 0 radical (unpaired) electrons. The van der Waals surface area contributed by atoms with Crippen molar-refractivity contribution in [3.63, 3.8) is 0 Å². The molecular formula is C12H17FN2. The normalized spacial score (nSPS) is 17.5. The fourth-order valence-electron chi connectivity index (χ4n) is 2.02. The Labute approximate surface area is 89.9 Å². The van der Waals surface area contributed by atoms with Crippen LogP contribution >= 0.6 is 0 Å². The van der Waals surface area contributed by atoms with Crippen LogP contribution in [0.5, 0.6) is 0 Å². The highest BCUT2D eigenvalue weighted by Crippen LogP contribution is 2.36. The first kappa shape index (κ1) is 10.4. The number of nitrogens with zero attached hydrogens (tertiary/aromatic N) is 1. The molecule has 15 heavy (non-hydrogen) atoms. The summed E-state index contributed by atoms with van der Waals surface area (Å²) in [5.41, 5.74) is 6.81. The Kier molecular flexibility index (Phi) is 2.91. The van der Waals surface area contributed by atoms with Gasteiger partial charge in [0.15, 0.2) is 0 Å². The third kappa shape index (κ3) is 2.29. The number of anilines is 1. The SMILES string of the molecule is CN(c1ccc(F)cc1)C(CN)C1CC1. The molecule has 0 amide bonds. The maximum absolute atomic E-state index is 12.8. The van der Waals surface area contributed by atoms with Crippen LogP contribution in [-0.4, -0.2) is 19.6 Å². The van der Waals surface area contributed by atoms with Gasteiger partial charge in [-0.2, -0.15) is 0 Å². The molecule has 1 unspecified atom stereocenters. The van der Waals surface area contributed by atoms with Gasteiger partial charge in [-0.3, -0.25) is 0 Å². The van der Waals surface area contributed by atoms with E-state index < -0.39 is 0 Å². The van der Waals surface area contributed by atoms with E-state index in [0.717, 1.165) is 11.6 Å². The minimum Gasteiger partial charge on any atom is -0.370 e. The fraction of sp³-hybridized carbons (Fsp3) is 0.500. The Morgan fingerprint density at radius 2 is 2.00 bits per heavy atom. The molecule has 1 aliphatic rings. The van der Waals surface area contributed by atoms with Crippen molar-refractivity contribution in [2.75, 3.05) is 18.5 Å². The Morgan fingerprint density at radius 3 is 2.47 bits per heavy atom. The van der Waals surface area contributed by atoms with Crippen LogP contribution in [0.25, 0.3) is 0 Å². The van der Waals surface area contributed by atoms with E-state index in [-0.39, 0.29) is 5.82 Å². The minimum atomic E-state index is -0.192. The predicted octanol–water partition coefficient (Wildman–Crippen LogP) is 2.00. The van der Waals surface area contributed by atoms with Crippen LogP contribution in [0.15, 0.2) is 24.3 Å². The van der Waals surface area contributed by atoms with E-state index in [0.29, 0.717) is 12.6 Å². The fourth-order valence-corrected chi connectivity index (χ4v) is 2.02. The molecule has 1 atom stereocenters. The van der Waals surface area contributed by atoms with Crippen molar-refractivity contribution >= 4 is 5.69 Å². The molecule has 0 aliphatic heterocycles. The van der Waals surface area contributed by atoms with Gasteiger partial charge in [-0.05, 0) is 43.0 Å². The van der Waals surface area contributed by atoms with Gasteiger partial charge in [-0.1, -0.05) is 0 Å². The van der Waals surface area contributed by atoms with Crippen molar-refractivity contribution in [3.05, 3.63) is 30.1 Å². The van der Waals surface area contributed by atoms with Crippen molar-refractivity contribution in [2.24, 2.45) is 11.7 Å². The van der Waals surface area contributed by atoms with Crippen LogP contribution in [0.1, 0.15) is 12.8 Å². The summed E-state index contributed by atoms with van der Waals surface area (Å²) in [4.78, 5) is 2.16. The Morgan fingerprint density at radius 1 is 1.40 bits per heavy atom. The standard InChI is InChI=1S/C12H17FN2/c1-15(12(8-14)9-2-3-9)11-6-4-10(13)5-7-11/h4-7,9,12H,2-3,8,14H2,1H3. The average molecular weight is 208 g/mol. The molecule has 0 aromatic heterocycles. The van der Waals surface area contributed by atoms with Gasteiger partial charge < -0.3 is 10.6 Å². The van der Waals surface area contributed by atoms with Gasteiger partial charge in [0.25, 0.3) is 0 Å². The lowest BCUT2D eigenvalue weighted by Gasteiger charge is -2.29. The first-order valence-electron chi connectivity index (χ1n) is 5.41. The van der Waals surface area contributed by atoms with Crippen LogP contribution in [0.2, 0.25) is 0 Å². The molecule has 1 aliphatic carbocycles. The molecule has 2 N–H and O–H groups in total. The molecule has 1 aromatic rings. The second kappa shape index (κ2) is 4.19. The molecule has 2 rings (SSSR count). The van der Waals surface area contributed by atoms with E-state index in [4.69, 9.17) is 5.73 Å². The maximum atomic E-state index is 12.8. The Hall–Kier alpha value is -1.09. The van der Waals surface area contributed by atoms with E-state index in [1.54, 1.807) is 12.1 Å². The van der Waals surface area contributed by atoms with E-state index in [9.17, 15) is 4.39 Å². The van der Waals surface area contributed by atoms with Gasteiger partial charge in [0, 0.05) is 25.3 Å². The molecule has 3 heteroatoms. The third-order valence-corrected chi connectivity index (χ3v) is 3.14. The van der Waals surface area contributed by atoms with Crippen LogP contribution in [0.3, 0.4) is 0 Å². The van der Waals surface area contributed by atoms with Gasteiger partial charge in [-0.25, -0.2) is 4.39 Å². The lowest BCUT2D eigenvalue weighted by atomic mass is 10.1. The zero-order chi connectivity index (χ0) is 10.8. The minimum absolute atomic E-state index is 0.192. The third-order valence-electron chi connectivity index (χ3n) is 3.14. The lowest BCUT2D eigenvalue weighted by molar-refractivity contribution is 0.569. The number of hydrogen-bond acceptors (Lipinski definition) is 2. The van der Waals surface area contributed by atoms with Gasteiger partial charge in [0.1, 0.15) is 5.82 Å². The lowest BCUT2D eigenvalue weighted by Crippen LogP contribution is -2.39. The molecular weight excluding hydrogens is 191 g/mol. The van der Waals surface area contributed by atoms with Crippen molar-refractivity contribution in [3.8, 4) is 0 Å². The van der Waals surface area contributed by atoms with Gasteiger partial charge in [0.05, 0.1) is 0 Å². The molecule has 1 aromatic carbocycles. The van der Waals surface area contributed by atoms with Gasteiger partial charge >= 0.3 is 0 Å². The van der Waals surface area contributed by atoms with Gasteiger partial charge in [0.2, 0.25) is 0 Å². The molecule has 1 saturated carbocycles. The monoisotopic (exact) mass is 208 g/mol. The molecule has 2 nitrogen and oxygen atoms in total. The summed E-state index contributed by atoms with van der Waals surface area (Å²) in [5.74, 6) is 0.535. The summed E-state index contributed by atoms with van der Waals surface area (Å²) in [7, 11) is 2.03. The smallest absolute Gasteiger partial charge is 0.123 e. The average Bonchev–Trinajstić information content (AvgIpc) is 3.04. The van der Waals surface area contributed by atoms with Crippen LogP contribution < -0.4 is 10.6 Å². The van der Waals surface area contributed by atoms with Gasteiger partial charge in [-0.15, -0.1) is 0 Å². The number of rotatable bonds is 4. The number of halogens is 1. The summed E-state index contributed by atoms with van der Waals surface area (Å²) < 4.78 is 12.8. The largest absolute Gasteiger partial charge is 0.370 e. The Bertz CT molecular complexity index is 319.